The number of nitrogens with zero attached hydrogens (tertiary/aromatic N) is 2. The lowest BCUT2D eigenvalue weighted by Crippen LogP contribution is -2.05. The largest absolute Gasteiger partial charge is 0.457 e. The van der Waals surface area contributed by atoms with Crippen LogP contribution in [0, 0.1) is 0 Å². The first-order valence-electron chi connectivity index (χ1n) is 7.24. The first-order valence-corrected chi connectivity index (χ1v) is 7.24. The number of hydrogen-bond donors (Lipinski definition) is 1. The standard InChI is InChI=1S/C18H13N3O2/c22-18(23-10-12-4-2-1-3-5-12)13-6-7-14-15(8-13)19-9-16-17(14)21-11-20-16/h1-9,11H,10H2,(H,20,21). The number of carbonyl (C=O) groups excluding carboxylic acids is 1. The van der Waals surface area contributed by atoms with E-state index in [4.69, 9.17) is 4.74 Å². The number of aromatic nitrogens is 3. The minimum atomic E-state index is -0.361. The van der Waals surface area contributed by atoms with E-state index >= 15 is 0 Å². The Morgan fingerprint density at radius 2 is 1.96 bits per heavy atom. The van der Waals surface area contributed by atoms with Crippen LogP contribution in [0.3, 0.4) is 0 Å². The van der Waals surface area contributed by atoms with Crippen molar-refractivity contribution < 1.29 is 9.53 Å². The van der Waals surface area contributed by atoms with Gasteiger partial charge in [0.05, 0.1) is 34.6 Å². The minimum Gasteiger partial charge on any atom is -0.457 e. The summed E-state index contributed by atoms with van der Waals surface area (Å²) in [5, 5.41) is 0.906. The van der Waals surface area contributed by atoms with Crippen LogP contribution in [0.15, 0.2) is 61.1 Å². The summed E-state index contributed by atoms with van der Waals surface area (Å²) in [6.45, 7) is 0.254. The third kappa shape index (κ3) is 2.53. The zero-order chi connectivity index (χ0) is 15.6. The quantitative estimate of drug-likeness (QED) is 0.588. The molecule has 0 fully saturated rings. The van der Waals surface area contributed by atoms with Crippen LogP contribution >= 0.6 is 0 Å². The second-order valence-corrected chi connectivity index (χ2v) is 5.22. The van der Waals surface area contributed by atoms with Gasteiger partial charge in [-0.2, -0.15) is 0 Å². The normalized spacial score (nSPS) is 11.0. The van der Waals surface area contributed by atoms with Crippen LogP contribution < -0.4 is 0 Å². The van der Waals surface area contributed by atoms with E-state index < -0.39 is 0 Å². The number of esters is 1. The van der Waals surface area contributed by atoms with Gasteiger partial charge in [-0.3, -0.25) is 4.98 Å². The minimum absolute atomic E-state index is 0.254. The highest BCUT2D eigenvalue weighted by Crippen LogP contribution is 2.22. The third-order valence-corrected chi connectivity index (χ3v) is 3.70. The van der Waals surface area contributed by atoms with E-state index in [0.29, 0.717) is 5.56 Å². The summed E-state index contributed by atoms with van der Waals surface area (Å²) in [6, 6.07) is 14.9. The lowest BCUT2D eigenvalue weighted by atomic mass is 10.1. The molecule has 5 nitrogen and oxygen atoms in total. The molecular weight excluding hydrogens is 290 g/mol. The van der Waals surface area contributed by atoms with Crippen LogP contribution in [0.4, 0.5) is 0 Å². The van der Waals surface area contributed by atoms with Gasteiger partial charge >= 0.3 is 5.97 Å². The van der Waals surface area contributed by atoms with Gasteiger partial charge < -0.3 is 9.72 Å². The Balaban J connectivity index is 1.61. The van der Waals surface area contributed by atoms with E-state index in [2.05, 4.69) is 15.0 Å². The fourth-order valence-electron chi connectivity index (χ4n) is 2.52. The van der Waals surface area contributed by atoms with Gasteiger partial charge in [0.25, 0.3) is 0 Å². The Labute approximate surface area is 132 Å². The van der Waals surface area contributed by atoms with Crippen LogP contribution in [0.25, 0.3) is 21.9 Å². The van der Waals surface area contributed by atoms with Crippen LogP contribution in [0.2, 0.25) is 0 Å². The van der Waals surface area contributed by atoms with Crippen molar-refractivity contribution in [3.8, 4) is 0 Å². The Hall–Kier alpha value is -3.21. The molecule has 0 saturated heterocycles. The number of rotatable bonds is 3. The molecule has 0 unspecified atom stereocenters. The summed E-state index contributed by atoms with van der Waals surface area (Å²) in [6.07, 6.45) is 3.34. The highest BCUT2D eigenvalue weighted by molar-refractivity contribution is 6.04. The molecule has 2 aromatic heterocycles. The Bertz CT molecular complexity index is 993. The molecule has 1 N–H and O–H groups in total. The first kappa shape index (κ1) is 13.5. The number of fused-ring (bicyclic) bond motifs is 3. The Morgan fingerprint density at radius 1 is 1.09 bits per heavy atom. The maximum atomic E-state index is 12.2. The van der Waals surface area contributed by atoms with Crippen molar-refractivity contribution in [2.75, 3.05) is 0 Å². The molecule has 112 valence electrons. The molecule has 0 amide bonds. The van der Waals surface area contributed by atoms with E-state index in [-0.39, 0.29) is 12.6 Å². The van der Waals surface area contributed by atoms with Crippen molar-refractivity contribution in [3.63, 3.8) is 0 Å². The maximum Gasteiger partial charge on any atom is 0.338 e. The first-order chi connectivity index (χ1) is 11.3. The van der Waals surface area contributed by atoms with Gasteiger partial charge in [0.2, 0.25) is 0 Å². The third-order valence-electron chi connectivity index (χ3n) is 3.70. The molecule has 0 aliphatic carbocycles. The van der Waals surface area contributed by atoms with Gasteiger partial charge in [0.1, 0.15) is 6.61 Å². The number of carbonyl (C=O) groups is 1. The molecule has 4 aromatic rings. The molecule has 2 aromatic carbocycles. The summed E-state index contributed by atoms with van der Waals surface area (Å²) in [7, 11) is 0. The SMILES string of the molecule is O=C(OCc1ccccc1)c1ccc2c(c1)ncc1[nH]cnc12. The molecule has 0 aliphatic rings. The number of pyridine rings is 1. The summed E-state index contributed by atoms with van der Waals surface area (Å²) >= 11 is 0. The average Bonchev–Trinajstić information content (AvgIpc) is 3.09. The average molecular weight is 303 g/mol. The fourth-order valence-corrected chi connectivity index (χ4v) is 2.52. The van der Waals surface area contributed by atoms with E-state index in [1.54, 1.807) is 24.7 Å². The lowest BCUT2D eigenvalue weighted by Gasteiger charge is -2.06. The number of imidazole rings is 1. The zero-order valence-electron chi connectivity index (χ0n) is 12.2. The van der Waals surface area contributed by atoms with Crippen LogP contribution in [-0.4, -0.2) is 20.9 Å². The van der Waals surface area contributed by atoms with Gasteiger partial charge in [-0.1, -0.05) is 30.3 Å². The zero-order valence-corrected chi connectivity index (χ0v) is 12.2. The summed E-state index contributed by atoms with van der Waals surface area (Å²) in [4.78, 5) is 23.9. The second kappa shape index (κ2) is 5.53. The molecule has 2 heterocycles. The molecule has 0 saturated carbocycles. The molecule has 23 heavy (non-hydrogen) atoms. The summed E-state index contributed by atoms with van der Waals surface area (Å²) < 4.78 is 5.35. The maximum absolute atomic E-state index is 12.2. The molecule has 0 aliphatic heterocycles. The topological polar surface area (TPSA) is 67.9 Å². The van der Waals surface area contributed by atoms with E-state index in [1.807, 2.05) is 36.4 Å². The van der Waals surface area contributed by atoms with Crippen molar-refractivity contribution in [2.24, 2.45) is 0 Å². The molecule has 0 bridgehead atoms. The van der Waals surface area contributed by atoms with Gasteiger partial charge in [0, 0.05) is 5.39 Å². The van der Waals surface area contributed by atoms with Crippen molar-refractivity contribution >= 4 is 27.9 Å². The van der Waals surface area contributed by atoms with Crippen molar-refractivity contribution in [3.05, 3.63) is 72.2 Å². The number of benzene rings is 2. The number of H-pyrrole nitrogens is 1. The summed E-state index contributed by atoms with van der Waals surface area (Å²) in [5.41, 5.74) is 3.88. The highest BCUT2D eigenvalue weighted by atomic mass is 16.5. The molecule has 0 radical (unpaired) electrons. The molecule has 0 atom stereocenters. The van der Waals surface area contributed by atoms with Crippen molar-refractivity contribution in [1.82, 2.24) is 15.0 Å². The second-order valence-electron chi connectivity index (χ2n) is 5.22. The van der Waals surface area contributed by atoms with Crippen LogP contribution in [0.1, 0.15) is 15.9 Å². The van der Waals surface area contributed by atoms with E-state index in [1.165, 1.54) is 0 Å². The van der Waals surface area contributed by atoms with Gasteiger partial charge in [-0.15, -0.1) is 0 Å². The lowest BCUT2D eigenvalue weighted by molar-refractivity contribution is 0.0473. The molecular formula is C18H13N3O2. The van der Waals surface area contributed by atoms with Gasteiger partial charge in [-0.25, -0.2) is 9.78 Å². The number of ether oxygens (including phenoxy) is 1. The molecule has 0 spiro atoms. The Morgan fingerprint density at radius 3 is 2.83 bits per heavy atom. The van der Waals surface area contributed by atoms with E-state index in [0.717, 1.165) is 27.5 Å². The monoisotopic (exact) mass is 303 g/mol. The van der Waals surface area contributed by atoms with Crippen LogP contribution in [0.5, 0.6) is 0 Å². The molecule has 4 rings (SSSR count). The van der Waals surface area contributed by atoms with Gasteiger partial charge in [-0.05, 0) is 23.8 Å². The predicted octanol–water partition coefficient (Wildman–Crippen LogP) is 3.47. The Kier molecular flexibility index (Phi) is 3.24. The molecule has 5 heteroatoms. The van der Waals surface area contributed by atoms with Crippen molar-refractivity contribution in [1.29, 1.82) is 0 Å². The van der Waals surface area contributed by atoms with Crippen molar-refractivity contribution in [2.45, 2.75) is 6.61 Å². The summed E-state index contributed by atoms with van der Waals surface area (Å²) in [5.74, 6) is -0.361. The highest BCUT2D eigenvalue weighted by Gasteiger charge is 2.11. The predicted molar refractivity (Wildman–Crippen MR) is 87.0 cm³/mol. The van der Waals surface area contributed by atoms with Gasteiger partial charge in [0.15, 0.2) is 0 Å². The van der Waals surface area contributed by atoms with Crippen LogP contribution in [-0.2, 0) is 11.3 Å². The van der Waals surface area contributed by atoms with E-state index in [9.17, 15) is 4.79 Å². The number of hydrogen-bond acceptors (Lipinski definition) is 4. The number of nitrogens with one attached hydrogen (secondary N) is 1. The fraction of sp³-hybridized carbons (Fsp3) is 0.0556. The smallest absolute Gasteiger partial charge is 0.338 e. The number of aromatic amines is 1.